The topological polar surface area (TPSA) is 77.5 Å². The van der Waals surface area contributed by atoms with Gasteiger partial charge in [0.1, 0.15) is 0 Å². The van der Waals surface area contributed by atoms with Crippen LogP contribution in [0.15, 0.2) is 24.5 Å². The first-order chi connectivity index (χ1) is 9.25. The van der Waals surface area contributed by atoms with E-state index in [9.17, 15) is 9.59 Å². The summed E-state index contributed by atoms with van der Waals surface area (Å²) in [6, 6.07) is 3.22. The van der Waals surface area contributed by atoms with E-state index in [0.29, 0.717) is 12.1 Å². The number of nitrogens with one attached hydrogen (secondary N) is 1. The van der Waals surface area contributed by atoms with Crippen LogP contribution in [0.25, 0.3) is 0 Å². The molecule has 0 radical (unpaired) electrons. The number of ether oxygens (including phenoxy) is 2. The molecule has 1 aromatic rings. The Balaban J connectivity index is 1.67. The zero-order valence-corrected chi connectivity index (χ0v) is 10.5. The van der Waals surface area contributed by atoms with Crippen molar-refractivity contribution in [1.82, 2.24) is 10.3 Å². The van der Waals surface area contributed by atoms with E-state index in [1.54, 1.807) is 18.3 Å². The molecule has 1 unspecified atom stereocenters. The van der Waals surface area contributed by atoms with Gasteiger partial charge < -0.3 is 14.8 Å². The number of aromatic nitrogens is 1. The Morgan fingerprint density at radius 2 is 2.42 bits per heavy atom. The summed E-state index contributed by atoms with van der Waals surface area (Å²) >= 11 is 0. The van der Waals surface area contributed by atoms with Crippen LogP contribution in [0.5, 0.6) is 0 Å². The molecule has 19 heavy (non-hydrogen) atoms. The average Bonchev–Trinajstić information content (AvgIpc) is 2.96. The van der Waals surface area contributed by atoms with Gasteiger partial charge in [-0.05, 0) is 25.0 Å². The van der Waals surface area contributed by atoms with Crippen molar-refractivity contribution in [2.75, 3.05) is 19.8 Å². The minimum absolute atomic E-state index is 0.0815. The van der Waals surface area contributed by atoms with Crippen LogP contribution in [-0.2, 0) is 14.3 Å². The molecule has 1 aliphatic heterocycles. The predicted octanol–water partition coefficient (Wildman–Crippen LogP) is 0.534. The van der Waals surface area contributed by atoms with Gasteiger partial charge >= 0.3 is 5.97 Å². The lowest BCUT2D eigenvalue weighted by Crippen LogP contribution is -2.34. The van der Waals surface area contributed by atoms with Crippen LogP contribution in [0.2, 0.25) is 0 Å². The Labute approximate surface area is 111 Å². The van der Waals surface area contributed by atoms with Gasteiger partial charge in [-0.15, -0.1) is 0 Å². The first-order valence-electron chi connectivity index (χ1n) is 6.21. The van der Waals surface area contributed by atoms with Crippen molar-refractivity contribution in [2.45, 2.75) is 18.9 Å². The zero-order chi connectivity index (χ0) is 13.5. The highest BCUT2D eigenvalue weighted by Gasteiger charge is 2.16. The molecule has 0 saturated carbocycles. The highest BCUT2D eigenvalue weighted by Crippen LogP contribution is 2.10. The van der Waals surface area contributed by atoms with Crippen molar-refractivity contribution in [3.8, 4) is 0 Å². The molecule has 2 rings (SSSR count). The Bertz CT molecular complexity index is 430. The van der Waals surface area contributed by atoms with Crippen LogP contribution in [-0.4, -0.2) is 42.7 Å². The highest BCUT2D eigenvalue weighted by atomic mass is 16.5. The third kappa shape index (κ3) is 4.33. The number of rotatable bonds is 5. The molecule has 1 atom stereocenters. The molecule has 6 nitrogen and oxygen atoms in total. The number of esters is 1. The minimum atomic E-state index is -0.555. The first-order valence-corrected chi connectivity index (χ1v) is 6.21. The summed E-state index contributed by atoms with van der Waals surface area (Å²) in [5.41, 5.74) is 0.328. The molecule has 0 aliphatic carbocycles. The Morgan fingerprint density at radius 1 is 1.53 bits per heavy atom. The van der Waals surface area contributed by atoms with E-state index >= 15 is 0 Å². The van der Waals surface area contributed by atoms with Crippen molar-refractivity contribution in [3.63, 3.8) is 0 Å². The Hall–Kier alpha value is -1.95. The lowest BCUT2D eigenvalue weighted by Gasteiger charge is -2.10. The standard InChI is InChI=1S/C13H16N2O4/c16-12(15-8-11-4-2-6-18-11)9-19-13(17)10-3-1-5-14-7-10/h1,3,5,7,11H,2,4,6,8-9H2,(H,15,16). The number of carbonyl (C=O) groups is 2. The molecule has 0 aromatic carbocycles. The number of hydrogen-bond donors (Lipinski definition) is 1. The molecular weight excluding hydrogens is 248 g/mol. The van der Waals surface area contributed by atoms with Gasteiger partial charge in [-0.2, -0.15) is 0 Å². The summed E-state index contributed by atoms with van der Waals surface area (Å²) in [7, 11) is 0. The molecule has 0 spiro atoms. The van der Waals surface area contributed by atoms with Gasteiger partial charge in [0.05, 0.1) is 11.7 Å². The highest BCUT2D eigenvalue weighted by molar-refractivity contribution is 5.90. The quantitative estimate of drug-likeness (QED) is 0.785. The SMILES string of the molecule is O=C(COC(=O)c1cccnc1)NCC1CCCO1. The molecular formula is C13H16N2O4. The van der Waals surface area contributed by atoms with Gasteiger partial charge in [-0.3, -0.25) is 9.78 Å². The van der Waals surface area contributed by atoms with Gasteiger partial charge in [-0.25, -0.2) is 4.79 Å². The molecule has 1 aliphatic rings. The second-order valence-corrected chi connectivity index (χ2v) is 4.26. The summed E-state index contributed by atoms with van der Waals surface area (Å²) in [5.74, 6) is -0.881. The van der Waals surface area contributed by atoms with Crippen molar-refractivity contribution in [1.29, 1.82) is 0 Å². The second-order valence-electron chi connectivity index (χ2n) is 4.26. The lowest BCUT2D eigenvalue weighted by atomic mass is 10.2. The normalized spacial score (nSPS) is 18.0. The Kier molecular flexibility index (Phi) is 4.85. The number of nitrogens with zero attached hydrogens (tertiary/aromatic N) is 1. The Morgan fingerprint density at radius 3 is 3.11 bits per heavy atom. The molecule has 6 heteroatoms. The van der Waals surface area contributed by atoms with Crippen molar-refractivity contribution >= 4 is 11.9 Å². The monoisotopic (exact) mass is 264 g/mol. The summed E-state index contributed by atoms with van der Waals surface area (Å²) in [5, 5.41) is 2.67. The lowest BCUT2D eigenvalue weighted by molar-refractivity contribution is -0.124. The smallest absolute Gasteiger partial charge is 0.340 e. The van der Waals surface area contributed by atoms with Gasteiger partial charge in [0.2, 0.25) is 0 Å². The summed E-state index contributed by atoms with van der Waals surface area (Å²) in [6.45, 7) is 0.917. The van der Waals surface area contributed by atoms with Gasteiger partial charge in [0.15, 0.2) is 6.61 Å². The molecule has 1 aromatic heterocycles. The first kappa shape index (κ1) is 13.5. The maximum absolute atomic E-state index is 11.5. The fourth-order valence-corrected chi connectivity index (χ4v) is 1.78. The molecule has 102 valence electrons. The van der Waals surface area contributed by atoms with E-state index in [0.717, 1.165) is 19.4 Å². The van der Waals surface area contributed by atoms with Gasteiger partial charge in [0, 0.05) is 25.5 Å². The molecule has 0 bridgehead atoms. The third-order valence-electron chi connectivity index (χ3n) is 2.78. The van der Waals surface area contributed by atoms with Crippen LogP contribution in [0, 0.1) is 0 Å². The summed E-state index contributed by atoms with van der Waals surface area (Å²) in [6.07, 6.45) is 5.02. The van der Waals surface area contributed by atoms with Gasteiger partial charge in [-0.1, -0.05) is 0 Å². The summed E-state index contributed by atoms with van der Waals surface area (Å²) in [4.78, 5) is 26.8. The zero-order valence-electron chi connectivity index (χ0n) is 10.5. The maximum Gasteiger partial charge on any atom is 0.340 e. The number of hydrogen-bond acceptors (Lipinski definition) is 5. The van der Waals surface area contributed by atoms with E-state index < -0.39 is 5.97 Å². The fraction of sp³-hybridized carbons (Fsp3) is 0.462. The molecule has 1 fully saturated rings. The van der Waals surface area contributed by atoms with Crippen LogP contribution < -0.4 is 5.32 Å². The van der Waals surface area contributed by atoms with Crippen LogP contribution in [0.4, 0.5) is 0 Å². The van der Waals surface area contributed by atoms with E-state index in [-0.39, 0.29) is 18.6 Å². The maximum atomic E-state index is 11.5. The van der Waals surface area contributed by atoms with Crippen LogP contribution in [0.3, 0.4) is 0 Å². The third-order valence-corrected chi connectivity index (χ3v) is 2.78. The van der Waals surface area contributed by atoms with Crippen molar-refractivity contribution in [2.24, 2.45) is 0 Å². The van der Waals surface area contributed by atoms with Gasteiger partial charge in [0.25, 0.3) is 5.91 Å². The molecule has 1 N–H and O–H groups in total. The molecule has 1 saturated heterocycles. The molecule has 1 amide bonds. The van der Waals surface area contributed by atoms with E-state index in [1.165, 1.54) is 6.20 Å². The summed E-state index contributed by atoms with van der Waals surface area (Å²) < 4.78 is 10.2. The number of carbonyl (C=O) groups excluding carboxylic acids is 2. The van der Waals surface area contributed by atoms with E-state index in [4.69, 9.17) is 9.47 Å². The van der Waals surface area contributed by atoms with E-state index in [1.807, 2.05) is 0 Å². The average molecular weight is 264 g/mol. The number of amides is 1. The largest absolute Gasteiger partial charge is 0.452 e. The molecule has 2 heterocycles. The number of pyridine rings is 1. The fourth-order valence-electron chi connectivity index (χ4n) is 1.78. The van der Waals surface area contributed by atoms with Crippen molar-refractivity contribution < 1.29 is 19.1 Å². The van der Waals surface area contributed by atoms with Crippen LogP contribution in [0.1, 0.15) is 23.2 Å². The second kappa shape index (κ2) is 6.84. The van der Waals surface area contributed by atoms with Crippen LogP contribution >= 0.6 is 0 Å². The van der Waals surface area contributed by atoms with E-state index in [2.05, 4.69) is 10.3 Å². The predicted molar refractivity (Wildman–Crippen MR) is 66.5 cm³/mol. The van der Waals surface area contributed by atoms with Crippen molar-refractivity contribution in [3.05, 3.63) is 30.1 Å². The minimum Gasteiger partial charge on any atom is -0.452 e.